The zero-order chi connectivity index (χ0) is 11.3. The smallest absolute Gasteiger partial charge is 0.0710 e. The Morgan fingerprint density at radius 3 is 2.47 bits per heavy atom. The first-order chi connectivity index (χ1) is 7.19. The maximum Gasteiger partial charge on any atom is 0.0710 e. The van der Waals surface area contributed by atoms with Crippen molar-refractivity contribution in [1.29, 1.82) is 0 Å². The summed E-state index contributed by atoms with van der Waals surface area (Å²) in [5.41, 5.74) is 6.24. The van der Waals surface area contributed by atoms with Gasteiger partial charge in [-0.2, -0.15) is 0 Å². The van der Waals surface area contributed by atoms with Gasteiger partial charge in [-0.1, -0.05) is 13.8 Å². The van der Waals surface area contributed by atoms with E-state index in [0.717, 1.165) is 19.6 Å². The largest absolute Gasteiger partial charge is 0.380 e. The molecule has 1 aliphatic rings. The third kappa shape index (κ3) is 3.16. The minimum absolute atomic E-state index is 0.322. The van der Waals surface area contributed by atoms with Gasteiger partial charge in [0.2, 0.25) is 0 Å². The van der Waals surface area contributed by atoms with E-state index < -0.39 is 0 Å². The molecule has 0 radical (unpaired) electrons. The lowest BCUT2D eigenvalue weighted by Gasteiger charge is -2.34. The summed E-state index contributed by atoms with van der Waals surface area (Å²) in [4.78, 5) is 2.51. The van der Waals surface area contributed by atoms with Crippen molar-refractivity contribution < 1.29 is 4.74 Å². The van der Waals surface area contributed by atoms with Crippen LogP contribution in [0.4, 0.5) is 0 Å². The average molecular weight is 214 g/mol. The number of hydrogen-bond donors (Lipinski definition) is 1. The van der Waals surface area contributed by atoms with Gasteiger partial charge < -0.3 is 15.4 Å². The average Bonchev–Trinajstić information content (AvgIpc) is 2.73. The molecule has 3 heteroatoms. The first-order valence-electron chi connectivity index (χ1n) is 6.15. The van der Waals surface area contributed by atoms with Gasteiger partial charge in [0.15, 0.2) is 0 Å². The van der Waals surface area contributed by atoms with Crippen LogP contribution in [0.5, 0.6) is 0 Å². The standard InChI is InChI=1S/C12H26N2O/c1-4-12(5-2,9-13)10-14-7-6-11(8-14)15-3/h11H,4-10,13H2,1-3H3. The Labute approximate surface area is 94.0 Å². The molecule has 0 aromatic carbocycles. The van der Waals surface area contributed by atoms with Crippen molar-refractivity contribution in [2.75, 3.05) is 33.3 Å². The first kappa shape index (κ1) is 12.9. The molecule has 1 saturated heterocycles. The number of nitrogens with zero attached hydrogens (tertiary/aromatic N) is 1. The molecule has 1 rings (SSSR count). The molecule has 0 spiro atoms. The van der Waals surface area contributed by atoms with Gasteiger partial charge in [0.25, 0.3) is 0 Å². The summed E-state index contributed by atoms with van der Waals surface area (Å²) in [6, 6.07) is 0. The van der Waals surface area contributed by atoms with Crippen molar-refractivity contribution >= 4 is 0 Å². The van der Waals surface area contributed by atoms with Gasteiger partial charge in [0, 0.05) is 26.7 Å². The minimum Gasteiger partial charge on any atom is -0.380 e. The third-order valence-corrected chi connectivity index (χ3v) is 4.05. The second kappa shape index (κ2) is 5.83. The number of rotatable bonds is 6. The molecular weight excluding hydrogens is 188 g/mol. The van der Waals surface area contributed by atoms with Crippen LogP contribution in [-0.4, -0.2) is 44.3 Å². The van der Waals surface area contributed by atoms with E-state index in [1.165, 1.54) is 25.8 Å². The highest BCUT2D eigenvalue weighted by molar-refractivity contribution is 4.85. The van der Waals surface area contributed by atoms with Crippen molar-refractivity contribution in [1.82, 2.24) is 4.90 Å². The van der Waals surface area contributed by atoms with E-state index in [-0.39, 0.29) is 0 Å². The molecule has 3 nitrogen and oxygen atoms in total. The van der Waals surface area contributed by atoms with E-state index in [9.17, 15) is 0 Å². The van der Waals surface area contributed by atoms with Gasteiger partial charge in [-0.05, 0) is 31.2 Å². The highest BCUT2D eigenvalue weighted by Gasteiger charge is 2.31. The molecule has 0 aromatic rings. The molecule has 0 bridgehead atoms. The zero-order valence-corrected chi connectivity index (χ0v) is 10.5. The molecule has 0 aliphatic carbocycles. The van der Waals surface area contributed by atoms with Crippen molar-refractivity contribution in [2.24, 2.45) is 11.1 Å². The SMILES string of the molecule is CCC(CC)(CN)CN1CCC(OC)C1. The zero-order valence-electron chi connectivity index (χ0n) is 10.5. The molecule has 90 valence electrons. The summed E-state index contributed by atoms with van der Waals surface area (Å²) < 4.78 is 5.38. The molecule has 0 saturated carbocycles. The Balaban J connectivity index is 2.45. The number of ether oxygens (including phenoxy) is 1. The van der Waals surface area contributed by atoms with Gasteiger partial charge in [0.1, 0.15) is 0 Å². The van der Waals surface area contributed by atoms with Crippen LogP contribution in [0.15, 0.2) is 0 Å². The Morgan fingerprint density at radius 2 is 2.07 bits per heavy atom. The fourth-order valence-corrected chi connectivity index (χ4v) is 2.43. The number of hydrogen-bond acceptors (Lipinski definition) is 3. The van der Waals surface area contributed by atoms with E-state index in [4.69, 9.17) is 10.5 Å². The molecular formula is C12H26N2O. The first-order valence-corrected chi connectivity index (χ1v) is 6.15. The molecule has 0 aromatic heterocycles. The maximum atomic E-state index is 5.92. The van der Waals surface area contributed by atoms with Gasteiger partial charge in [-0.15, -0.1) is 0 Å². The Hall–Kier alpha value is -0.120. The van der Waals surface area contributed by atoms with Crippen LogP contribution in [0.2, 0.25) is 0 Å². The summed E-state index contributed by atoms with van der Waals surface area (Å²) in [5.74, 6) is 0. The van der Waals surface area contributed by atoms with Crippen LogP contribution in [0.1, 0.15) is 33.1 Å². The van der Waals surface area contributed by atoms with E-state index in [2.05, 4.69) is 18.7 Å². The lowest BCUT2D eigenvalue weighted by molar-refractivity contribution is 0.0959. The lowest BCUT2D eigenvalue weighted by atomic mass is 9.82. The summed E-state index contributed by atoms with van der Waals surface area (Å²) in [6.45, 7) is 8.68. The second-order valence-electron chi connectivity index (χ2n) is 4.79. The van der Waals surface area contributed by atoms with E-state index >= 15 is 0 Å². The topological polar surface area (TPSA) is 38.5 Å². The molecule has 1 unspecified atom stereocenters. The van der Waals surface area contributed by atoms with Crippen molar-refractivity contribution in [3.8, 4) is 0 Å². The van der Waals surface area contributed by atoms with Crippen LogP contribution in [0.25, 0.3) is 0 Å². The highest BCUT2D eigenvalue weighted by Crippen LogP contribution is 2.28. The van der Waals surface area contributed by atoms with Crippen LogP contribution in [0, 0.1) is 5.41 Å². The predicted octanol–water partition coefficient (Wildman–Crippen LogP) is 1.47. The molecule has 1 fully saturated rings. The fourth-order valence-electron chi connectivity index (χ4n) is 2.43. The molecule has 2 N–H and O–H groups in total. The van der Waals surface area contributed by atoms with E-state index in [1.807, 2.05) is 7.11 Å². The van der Waals surface area contributed by atoms with Crippen molar-refractivity contribution in [3.05, 3.63) is 0 Å². The van der Waals surface area contributed by atoms with E-state index in [1.54, 1.807) is 0 Å². The molecule has 1 aliphatic heterocycles. The number of likely N-dealkylation sites (tertiary alicyclic amines) is 1. The number of methoxy groups -OCH3 is 1. The fraction of sp³-hybridized carbons (Fsp3) is 1.00. The summed E-state index contributed by atoms with van der Waals surface area (Å²) in [6.07, 6.45) is 3.96. The predicted molar refractivity (Wildman–Crippen MR) is 63.9 cm³/mol. The molecule has 0 amide bonds. The summed E-state index contributed by atoms with van der Waals surface area (Å²) >= 11 is 0. The monoisotopic (exact) mass is 214 g/mol. The van der Waals surface area contributed by atoms with E-state index in [0.29, 0.717) is 11.5 Å². The van der Waals surface area contributed by atoms with Crippen molar-refractivity contribution in [3.63, 3.8) is 0 Å². The molecule has 1 atom stereocenters. The Kier molecular flexibility index (Phi) is 5.03. The quantitative estimate of drug-likeness (QED) is 0.728. The summed E-state index contributed by atoms with van der Waals surface area (Å²) in [5, 5.41) is 0. The highest BCUT2D eigenvalue weighted by atomic mass is 16.5. The molecule has 15 heavy (non-hydrogen) atoms. The lowest BCUT2D eigenvalue weighted by Crippen LogP contribution is -2.41. The molecule has 1 heterocycles. The van der Waals surface area contributed by atoms with Crippen LogP contribution in [-0.2, 0) is 4.74 Å². The normalized spacial score (nSPS) is 23.6. The van der Waals surface area contributed by atoms with Gasteiger partial charge in [-0.3, -0.25) is 0 Å². The van der Waals surface area contributed by atoms with Gasteiger partial charge >= 0.3 is 0 Å². The summed E-state index contributed by atoms with van der Waals surface area (Å²) in [7, 11) is 1.81. The second-order valence-corrected chi connectivity index (χ2v) is 4.79. The van der Waals surface area contributed by atoms with Crippen molar-refractivity contribution in [2.45, 2.75) is 39.2 Å². The number of nitrogens with two attached hydrogens (primary N) is 1. The van der Waals surface area contributed by atoms with Gasteiger partial charge in [-0.25, -0.2) is 0 Å². The Bertz CT molecular complexity index is 172. The third-order valence-electron chi connectivity index (χ3n) is 4.05. The maximum absolute atomic E-state index is 5.92. The van der Waals surface area contributed by atoms with Crippen LogP contribution >= 0.6 is 0 Å². The minimum atomic E-state index is 0.322. The Morgan fingerprint density at radius 1 is 1.40 bits per heavy atom. The van der Waals surface area contributed by atoms with Gasteiger partial charge in [0.05, 0.1) is 6.10 Å². The van der Waals surface area contributed by atoms with Crippen LogP contribution < -0.4 is 5.73 Å². The van der Waals surface area contributed by atoms with Crippen LogP contribution in [0.3, 0.4) is 0 Å².